The lowest BCUT2D eigenvalue weighted by Gasteiger charge is -2.23. The molecule has 3 N–H and O–H groups in total. The van der Waals surface area contributed by atoms with E-state index in [-0.39, 0.29) is 30.2 Å². The van der Waals surface area contributed by atoms with Crippen LogP contribution in [0.5, 0.6) is 0 Å². The summed E-state index contributed by atoms with van der Waals surface area (Å²) in [5.41, 5.74) is 0.543. The fraction of sp³-hybridized carbons (Fsp3) is 0.417. The minimum atomic E-state index is -0.473. The number of piperidine rings is 1. The molecule has 2 amide bonds. The predicted molar refractivity (Wildman–Crippen MR) is 78.4 cm³/mol. The largest absolute Gasteiger partial charge is 0.335 e. The Morgan fingerprint density at radius 1 is 1.25 bits per heavy atom. The van der Waals surface area contributed by atoms with Gasteiger partial charge in [0.05, 0.1) is 4.92 Å². The molecule has 0 aliphatic carbocycles. The lowest BCUT2D eigenvalue weighted by Crippen LogP contribution is -2.44. The zero-order chi connectivity index (χ0) is 13.7. The smallest absolute Gasteiger partial charge is 0.319 e. The van der Waals surface area contributed by atoms with Crippen molar-refractivity contribution in [3.63, 3.8) is 0 Å². The van der Waals surface area contributed by atoms with Crippen LogP contribution in [0, 0.1) is 10.1 Å². The molecule has 1 aromatic carbocycles. The van der Waals surface area contributed by atoms with Gasteiger partial charge in [0, 0.05) is 23.9 Å². The van der Waals surface area contributed by atoms with Crippen molar-refractivity contribution >= 4 is 29.8 Å². The molecule has 7 nitrogen and oxygen atoms in total. The molecule has 20 heavy (non-hydrogen) atoms. The van der Waals surface area contributed by atoms with Crippen LogP contribution in [0.2, 0.25) is 0 Å². The first-order chi connectivity index (χ1) is 9.15. The minimum Gasteiger partial charge on any atom is -0.335 e. The number of benzene rings is 1. The maximum atomic E-state index is 11.7. The van der Waals surface area contributed by atoms with E-state index in [2.05, 4.69) is 16.0 Å². The predicted octanol–water partition coefficient (Wildman–Crippen LogP) is 1.89. The van der Waals surface area contributed by atoms with E-state index >= 15 is 0 Å². The third-order valence-electron chi connectivity index (χ3n) is 3.01. The molecule has 0 aromatic heterocycles. The van der Waals surface area contributed by atoms with Crippen LogP contribution in [0.3, 0.4) is 0 Å². The highest BCUT2D eigenvalue weighted by Gasteiger charge is 2.15. The molecule has 2 rings (SSSR count). The van der Waals surface area contributed by atoms with Crippen molar-refractivity contribution in [2.45, 2.75) is 18.9 Å². The van der Waals surface area contributed by atoms with Gasteiger partial charge in [-0.05, 0) is 38.1 Å². The molecule has 0 bridgehead atoms. The first-order valence-corrected chi connectivity index (χ1v) is 6.18. The summed E-state index contributed by atoms with van der Waals surface area (Å²) in [5.74, 6) is 0. The Morgan fingerprint density at radius 2 is 1.85 bits per heavy atom. The first kappa shape index (κ1) is 16.2. The van der Waals surface area contributed by atoms with Crippen molar-refractivity contribution in [2.24, 2.45) is 0 Å². The standard InChI is InChI=1S/C12H16N4O3.ClH/c17-12(15-10-5-7-13-8-6-10)14-9-1-3-11(4-2-9)16(18)19;/h1-4,10,13H,5-8H2,(H2,14,15,17);1H. The maximum absolute atomic E-state index is 11.7. The molecule has 1 heterocycles. The Labute approximate surface area is 122 Å². The first-order valence-electron chi connectivity index (χ1n) is 6.18. The Bertz CT molecular complexity index is 460. The second-order valence-corrected chi connectivity index (χ2v) is 4.43. The molecule has 0 atom stereocenters. The van der Waals surface area contributed by atoms with Crippen LogP contribution in [0.25, 0.3) is 0 Å². The van der Waals surface area contributed by atoms with Gasteiger partial charge in [-0.2, -0.15) is 0 Å². The van der Waals surface area contributed by atoms with Gasteiger partial charge in [-0.15, -0.1) is 12.4 Å². The number of halogens is 1. The molecule has 1 aliphatic heterocycles. The number of urea groups is 1. The number of nitro groups is 1. The third-order valence-corrected chi connectivity index (χ3v) is 3.01. The second kappa shape index (κ2) is 7.66. The molecule has 0 radical (unpaired) electrons. The van der Waals surface area contributed by atoms with Gasteiger partial charge < -0.3 is 16.0 Å². The summed E-state index contributed by atoms with van der Waals surface area (Å²) < 4.78 is 0. The van der Waals surface area contributed by atoms with Crippen molar-refractivity contribution in [2.75, 3.05) is 18.4 Å². The van der Waals surface area contributed by atoms with Gasteiger partial charge in [0.15, 0.2) is 0 Å². The fourth-order valence-corrected chi connectivity index (χ4v) is 1.99. The van der Waals surface area contributed by atoms with Crippen molar-refractivity contribution in [3.05, 3.63) is 34.4 Å². The zero-order valence-electron chi connectivity index (χ0n) is 10.8. The average Bonchev–Trinajstić information content (AvgIpc) is 2.40. The zero-order valence-corrected chi connectivity index (χ0v) is 11.6. The molecule has 1 fully saturated rings. The van der Waals surface area contributed by atoms with Gasteiger partial charge in [-0.25, -0.2) is 4.79 Å². The molecule has 0 saturated carbocycles. The van der Waals surface area contributed by atoms with E-state index in [0.717, 1.165) is 25.9 Å². The van der Waals surface area contributed by atoms with Gasteiger partial charge in [-0.3, -0.25) is 10.1 Å². The van der Waals surface area contributed by atoms with Crippen LogP contribution in [-0.4, -0.2) is 30.1 Å². The molecule has 0 unspecified atom stereocenters. The fourth-order valence-electron chi connectivity index (χ4n) is 1.99. The number of nitrogens with zero attached hydrogens (tertiary/aromatic N) is 1. The van der Waals surface area contributed by atoms with Crippen molar-refractivity contribution in [1.82, 2.24) is 10.6 Å². The molecular weight excluding hydrogens is 284 g/mol. The Morgan fingerprint density at radius 3 is 2.40 bits per heavy atom. The number of carbonyl (C=O) groups is 1. The normalized spacial score (nSPS) is 15.0. The number of nitrogens with one attached hydrogen (secondary N) is 3. The Hall–Kier alpha value is -1.86. The molecule has 0 spiro atoms. The average molecular weight is 301 g/mol. The van der Waals surface area contributed by atoms with E-state index in [1.807, 2.05) is 0 Å². The number of anilines is 1. The minimum absolute atomic E-state index is 0. The number of hydrogen-bond acceptors (Lipinski definition) is 4. The summed E-state index contributed by atoms with van der Waals surface area (Å²) in [6, 6.07) is 5.65. The summed E-state index contributed by atoms with van der Waals surface area (Å²) in [5, 5.41) is 19.3. The van der Waals surface area contributed by atoms with Gasteiger partial charge in [-0.1, -0.05) is 0 Å². The quantitative estimate of drug-likeness (QED) is 0.586. The van der Waals surface area contributed by atoms with E-state index in [9.17, 15) is 14.9 Å². The molecule has 8 heteroatoms. The van der Waals surface area contributed by atoms with E-state index in [1.165, 1.54) is 24.3 Å². The topological polar surface area (TPSA) is 96.3 Å². The van der Waals surface area contributed by atoms with Gasteiger partial charge in [0.1, 0.15) is 0 Å². The number of carbonyl (C=O) groups excluding carboxylic acids is 1. The maximum Gasteiger partial charge on any atom is 0.319 e. The summed E-state index contributed by atoms with van der Waals surface area (Å²) >= 11 is 0. The number of nitro benzene ring substituents is 1. The van der Waals surface area contributed by atoms with E-state index in [0.29, 0.717) is 5.69 Å². The molecule has 1 saturated heterocycles. The highest BCUT2D eigenvalue weighted by atomic mass is 35.5. The SMILES string of the molecule is Cl.O=C(Nc1ccc([N+](=O)[O-])cc1)NC1CCNCC1. The van der Waals surface area contributed by atoms with Crippen LogP contribution < -0.4 is 16.0 Å². The van der Waals surface area contributed by atoms with Gasteiger partial charge in [0.2, 0.25) is 0 Å². The highest BCUT2D eigenvalue weighted by Crippen LogP contribution is 2.15. The monoisotopic (exact) mass is 300 g/mol. The number of rotatable bonds is 3. The van der Waals surface area contributed by atoms with Crippen LogP contribution in [0.1, 0.15) is 12.8 Å². The van der Waals surface area contributed by atoms with Gasteiger partial charge in [0.25, 0.3) is 5.69 Å². The summed E-state index contributed by atoms with van der Waals surface area (Å²) in [7, 11) is 0. The summed E-state index contributed by atoms with van der Waals surface area (Å²) in [6.07, 6.45) is 1.82. The lowest BCUT2D eigenvalue weighted by atomic mass is 10.1. The Balaban J connectivity index is 0.00000200. The van der Waals surface area contributed by atoms with Crippen molar-refractivity contribution < 1.29 is 9.72 Å². The van der Waals surface area contributed by atoms with E-state index in [4.69, 9.17) is 0 Å². The number of hydrogen-bond donors (Lipinski definition) is 3. The van der Waals surface area contributed by atoms with Crippen LogP contribution in [0.15, 0.2) is 24.3 Å². The number of non-ortho nitro benzene ring substituents is 1. The lowest BCUT2D eigenvalue weighted by molar-refractivity contribution is -0.384. The van der Waals surface area contributed by atoms with Crippen molar-refractivity contribution in [1.29, 1.82) is 0 Å². The Kier molecular flexibility index (Phi) is 6.20. The molecular formula is C12H17ClN4O3. The molecule has 110 valence electrons. The summed E-state index contributed by atoms with van der Waals surface area (Å²) in [4.78, 5) is 21.7. The van der Waals surface area contributed by atoms with Crippen molar-refractivity contribution in [3.8, 4) is 0 Å². The second-order valence-electron chi connectivity index (χ2n) is 4.43. The molecule has 1 aromatic rings. The summed E-state index contributed by atoms with van der Waals surface area (Å²) in [6.45, 7) is 1.81. The van der Waals surface area contributed by atoms with Crippen LogP contribution in [-0.2, 0) is 0 Å². The number of amides is 2. The van der Waals surface area contributed by atoms with E-state index < -0.39 is 4.92 Å². The third kappa shape index (κ3) is 4.67. The molecule has 1 aliphatic rings. The van der Waals surface area contributed by atoms with E-state index in [1.54, 1.807) is 0 Å². The van der Waals surface area contributed by atoms with Crippen LogP contribution in [0.4, 0.5) is 16.2 Å². The highest BCUT2D eigenvalue weighted by molar-refractivity contribution is 5.89. The van der Waals surface area contributed by atoms with Crippen LogP contribution >= 0.6 is 12.4 Å². The van der Waals surface area contributed by atoms with Gasteiger partial charge >= 0.3 is 6.03 Å².